The van der Waals surface area contributed by atoms with Gasteiger partial charge >= 0.3 is 0 Å². The number of carbonyl (C=O) groups is 1. The smallest absolute Gasteiger partial charge is 0.241 e. The van der Waals surface area contributed by atoms with E-state index in [0.29, 0.717) is 5.69 Å². The average Bonchev–Trinajstić information content (AvgIpc) is 2.73. The van der Waals surface area contributed by atoms with Crippen molar-refractivity contribution in [1.29, 1.82) is 0 Å². The van der Waals surface area contributed by atoms with Gasteiger partial charge in [-0.1, -0.05) is 66.7 Å². The molecule has 3 aromatic carbocycles. The molecule has 0 aliphatic carbocycles. The number of anilines is 1. The first-order valence-electron chi connectivity index (χ1n) is 10.1. The molecule has 0 aromatic heterocycles. The molecule has 0 spiro atoms. The van der Waals surface area contributed by atoms with Crippen molar-refractivity contribution in [3.63, 3.8) is 0 Å². The maximum absolute atomic E-state index is 13.1. The van der Waals surface area contributed by atoms with Crippen LogP contribution in [-0.2, 0) is 14.8 Å². The Balaban J connectivity index is 1.94. The van der Waals surface area contributed by atoms with Crippen molar-refractivity contribution in [3.8, 4) is 0 Å². The molecule has 3 rings (SSSR count). The van der Waals surface area contributed by atoms with Gasteiger partial charge in [-0.25, -0.2) is 8.42 Å². The van der Waals surface area contributed by atoms with E-state index in [1.54, 1.807) is 6.07 Å². The van der Waals surface area contributed by atoms with E-state index in [9.17, 15) is 13.2 Å². The molecule has 0 radical (unpaired) electrons. The number of rotatable bonds is 7. The quantitative estimate of drug-likeness (QED) is 0.601. The fraction of sp³-hybridized carbons (Fsp3) is 0.240. The topological polar surface area (TPSA) is 66.5 Å². The molecule has 31 heavy (non-hydrogen) atoms. The van der Waals surface area contributed by atoms with E-state index in [2.05, 4.69) is 5.32 Å². The fourth-order valence-electron chi connectivity index (χ4n) is 3.60. The number of amides is 1. The van der Waals surface area contributed by atoms with Gasteiger partial charge in [0, 0.05) is 0 Å². The zero-order chi connectivity index (χ0) is 22.6. The van der Waals surface area contributed by atoms with Crippen molar-refractivity contribution in [3.05, 3.63) is 101 Å². The van der Waals surface area contributed by atoms with Crippen LogP contribution >= 0.6 is 0 Å². The monoisotopic (exact) mass is 436 g/mol. The number of benzene rings is 3. The van der Waals surface area contributed by atoms with Crippen molar-refractivity contribution in [1.82, 2.24) is 5.32 Å². The average molecular weight is 437 g/mol. The van der Waals surface area contributed by atoms with Gasteiger partial charge < -0.3 is 5.32 Å². The lowest BCUT2D eigenvalue weighted by Crippen LogP contribution is -2.42. The third kappa shape index (κ3) is 5.52. The maximum Gasteiger partial charge on any atom is 0.241 e. The molecular formula is C25H28N2O3S. The van der Waals surface area contributed by atoms with Crippen LogP contribution in [0.5, 0.6) is 0 Å². The predicted octanol–water partition coefficient (Wildman–Crippen LogP) is 4.28. The van der Waals surface area contributed by atoms with Crippen molar-refractivity contribution in [2.24, 2.45) is 0 Å². The molecule has 0 aliphatic heterocycles. The van der Waals surface area contributed by atoms with Crippen LogP contribution in [0.25, 0.3) is 0 Å². The Kier molecular flexibility index (Phi) is 6.81. The van der Waals surface area contributed by atoms with Crippen LogP contribution in [0.2, 0.25) is 0 Å². The van der Waals surface area contributed by atoms with Gasteiger partial charge in [-0.2, -0.15) is 0 Å². The second-order valence-electron chi connectivity index (χ2n) is 7.83. The third-order valence-electron chi connectivity index (χ3n) is 5.26. The van der Waals surface area contributed by atoms with E-state index in [1.807, 2.05) is 87.5 Å². The van der Waals surface area contributed by atoms with Gasteiger partial charge in [0.2, 0.25) is 15.9 Å². The Bertz CT molecular complexity index is 1170. The van der Waals surface area contributed by atoms with Crippen LogP contribution in [0.15, 0.2) is 72.8 Å². The molecule has 6 heteroatoms. The summed E-state index contributed by atoms with van der Waals surface area (Å²) in [6, 6.07) is 22.7. The molecule has 3 aromatic rings. The summed E-state index contributed by atoms with van der Waals surface area (Å²) in [7, 11) is -3.65. The Hall–Kier alpha value is -3.12. The molecule has 0 unspecified atom stereocenters. The highest BCUT2D eigenvalue weighted by molar-refractivity contribution is 7.92. The molecule has 0 saturated heterocycles. The molecule has 5 nitrogen and oxygen atoms in total. The molecule has 1 atom stereocenters. The maximum atomic E-state index is 13.1. The normalized spacial score (nSPS) is 12.3. The van der Waals surface area contributed by atoms with E-state index >= 15 is 0 Å². The molecular weight excluding hydrogens is 408 g/mol. The second-order valence-corrected chi connectivity index (χ2v) is 9.73. The van der Waals surface area contributed by atoms with Crippen molar-refractivity contribution in [2.45, 2.75) is 26.8 Å². The lowest BCUT2D eigenvalue weighted by Gasteiger charge is -2.26. The van der Waals surface area contributed by atoms with Crippen LogP contribution < -0.4 is 9.62 Å². The minimum Gasteiger partial charge on any atom is -0.344 e. The second kappa shape index (κ2) is 9.35. The van der Waals surface area contributed by atoms with Gasteiger partial charge in [-0.05, 0) is 54.7 Å². The highest BCUT2D eigenvalue weighted by atomic mass is 32.2. The summed E-state index contributed by atoms with van der Waals surface area (Å²) in [5, 5.41) is 3.05. The summed E-state index contributed by atoms with van der Waals surface area (Å²) in [5.41, 5.74) is 5.19. The Morgan fingerprint density at radius 3 is 2.19 bits per heavy atom. The lowest BCUT2D eigenvalue weighted by molar-refractivity contribution is -0.120. The van der Waals surface area contributed by atoms with Gasteiger partial charge in [0.05, 0.1) is 18.0 Å². The van der Waals surface area contributed by atoms with E-state index in [-0.39, 0.29) is 18.5 Å². The SMILES string of the molecule is Cc1ccc(C)c(N(CC(=O)N[C@@H](c2ccccc2)c2ccccc2C)S(C)(=O)=O)c1. The molecule has 1 N–H and O–H groups in total. The third-order valence-corrected chi connectivity index (χ3v) is 6.39. The summed E-state index contributed by atoms with van der Waals surface area (Å²) in [6.07, 6.45) is 1.12. The highest BCUT2D eigenvalue weighted by Gasteiger charge is 2.25. The van der Waals surface area contributed by atoms with Gasteiger partial charge in [0.15, 0.2) is 0 Å². The first kappa shape index (κ1) is 22.6. The van der Waals surface area contributed by atoms with Gasteiger partial charge in [0.25, 0.3) is 0 Å². The number of nitrogens with one attached hydrogen (secondary N) is 1. The molecule has 0 heterocycles. The number of carbonyl (C=O) groups excluding carboxylic acids is 1. The molecule has 0 saturated carbocycles. The Morgan fingerprint density at radius 1 is 0.903 bits per heavy atom. The number of nitrogens with zero attached hydrogens (tertiary/aromatic N) is 1. The van der Waals surface area contributed by atoms with E-state index < -0.39 is 10.0 Å². The van der Waals surface area contributed by atoms with Gasteiger partial charge in [0.1, 0.15) is 6.54 Å². The summed E-state index contributed by atoms with van der Waals surface area (Å²) in [4.78, 5) is 13.1. The largest absolute Gasteiger partial charge is 0.344 e. The van der Waals surface area contributed by atoms with E-state index in [1.165, 1.54) is 4.31 Å². The summed E-state index contributed by atoms with van der Waals surface area (Å²) < 4.78 is 26.3. The van der Waals surface area contributed by atoms with Gasteiger partial charge in [-0.3, -0.25) is 9.10 Å². The van der Waals surface area contributed by atoms with Crippen LogP contribution in [0, 0.1) is 20.8 Å². The standard InChI is InChI=1S/C25H28N2O3S/c1-18-14-15-20(3)23(16-18)27(31(4,29)30)17-24(28)26-25(21-11-6-5-7-12-21)22-13-9-8-10-19(22)2/h5-16,25H,17H2,1-4H3,(H,26,28)/t25-/m0/s1. The predicted molar refractivity (Wildman–Crippen MR) is 126 cm³/mol. The fourth-order valence-corrected chi connectivity index (χ4v) is 4.51. The summed E-state index contributed by atoms with van der Waals surface area (Å²) in [6.45, 7) is 5.44. The number of sulfonamides is 1. The minimum absolute atomic E-state index is 0.293. The molecule has 0 bridgehead atoms. The molecule has 0 fully saturated rings. The van der Waals surface area contributed by atoms with Crippen LogP contribution in [0.1, 0.15) is 33.9 Å². The number of hydrogen-bond acceptors (Lipinski definition) is 3. The Morgan fingerprint density at radius 2 is 1.55 bits per heavy atom. The van der Waals surface area contributed by atoms with E-state index in [0.717, 1.165) is 34.1 Å². The number of aryl methyl sites for hydroxylation is 3. The first-order valence-corrected chi connectivity index (χ1v) is 12.0. The lowest BCUT2D eigenvalue weighted by atomic mass is 9.95. The highest BCUT2D eigenvalue weighted by Crippen LogP contribution is 2.26. The number of hydrogen-bond donors (Lipinski definition) is 1. The molecule has 0 aliphatic rings. The van der Waals surface area contributed by atoms with Gasteiger partial charge in [-0.15, -0.1) is 0 Å². The first-order chi connectivity index (χ1) is 14.7. The van der Waals surface area contributed by atoms with Crippen LogP contribution in [-0.4, -0.2) is 27.1 Å². The van der Waals surface area contributed by atoms with E-state index in [4.69, 9.17) is 0 Å². The van der Waals surface area contributed by atoms with Crippen molar-refractivity contribution < 1.29 is 13.2 Å². The summed E-state index contributed by atoms with van der Waals surface area (Å²) >= 11 is 0. The van der Waals surface area contributed by atoms with Crippen molar-refractivity contribution in [2.75, 3.05) is 17.1 Å². The minimum atomic E-state index is -3.65. The van der Waals surface area contributed by atoms with Crippen LogP contribution in [0.4, 0.5) is 5.69 Å². The summed E-state index contributed by atoms with van der Waals surface area (Å²) in [5.74, 6) is -0.372. The molecule has 1 amide bonds. The zero-order valence-corrected chi connectivity index (χ0v) is 19.1. The zero-order valence-electron chi connectivity index (χ0n) is 18.3. The Labute approximate surface area is 184 Å². The molecule has 162 valence electrons. The van der Waals surface area contributed by atoms with Crippen molar-refractivity contribution >= 4 is 21.6 Å². The van der Waals surface area contributed by atoms with Crippen LogP contribution in [0.3, 0.4) is 0 Å².